The van der Waals surface area contributed by atoms with Crippen LogP contribution in [0.15, 0.2) is 40.9 Å². The molecular weight excluding hydrogens is 388 g/mol. The van der Waals surface area contributed by atoms with Crippen LogP contribution < -0.4 is 14.8 Å². The number of non-ortho nitro benzene ring substituents is 1. The lowest BCUT2D eigenvalue weighted by Gasteiger charge is -2.18. The van der Waals surface area contributed by atoms with Crippen molar-refractivity contribution in [1.82, 2.24) is 5.32 Å². The minimum Gasteiger partial charge on any atom is -0.493 e. The first-order chi connectivity index (χ1) is 11.9. The fraction of sp³-hybridized carbons (Fsp3) is 0.333. The SMILES string of the molecule is COc1ccc(Br)c(CNC(C)C)c1OCc1ccc([N+](=O)[O-])cc1. The highest BCUT2D eigenvalue weighted by molar-refractivity contribution is 9.10. The molecule has 0 aromatic heterocycles. The van der Waals surface area contributed by atoms with Gasteiger partial charge in [0.15, 0.2) is 11.5 Å². The molecule has 0 aliphatic carbocycles. The van der Waals surface area contributed by atoms with Gasteiger partial charge in [0, 0.05) is 34.8 Å². The Morgan fingerprint density at radius 2 is 1.88 bits per heavy atom. The summed E-state index contributed by atoms with van der Waals surface area (Å²) in [5.41, 5.74) is 1.87. The Morgan fingerprint density at radius 3 is 2.44 bits per heavy atom. The Labute approximate surface area is 155 Å². The normalized spacial score (nSPS) is 10.8. The van der Waals surface area contributed by atoms with E-state index in [2.05, 4.69) is 35.1 Å². The second kappa shape index (κ2) is 8.82. The maximum atomic E-state index is 10.7. The number of rotatable bonds is 8. The molecule has 1 N–H and O–H groups in total. The van der Waals surface area contributed by atoms with Gasteiger partial charge < -0.3 is 14.8 Å². The van der Waals surface area contributed by atoms with Crippen LogP contribution in [0, 0.1) is 10.1 Å². The van der Waals surface area contributed by atoms with Crippen molar-refractivity contribution in [3.8, 4) is 11.5 Å². The van der Waals surface area contributed by atoms with Gasteiger partial charge in [-0.1, -0.05) is 29.8 Å². The van der Waals surface area contributed by atoms with Gasteiger partial charge >= 0.3 is 0 Å². The fourth-order valence-corrected chi connectivity index (χ4v) is 2.69. The third-order valence-corrected chi connectivity index (χ3v) is 4.35. The zero-order valence-electron chi connectivity index (χ0n) is 14.4. The number of benzene rings is 2. The van der Waals surface area contributed by atoms with Crippen molar-refractivity contribution < 1.29 is 14.4 Å². The average molecular weight is 409 g/mol. The van der Waals surface area contributed by atoms with E-state index in [4.69, 9.17) is 9.47 Å². The number of nitro groups is 1. The topological polar surface area (TPSA) is 73.6 Å². The van der Waals surface area contributed by atoms with Crippen molar-refractivity contribution in [3.63, 3.8) is 0 Å². The summed E-state index contributed by atoms with van der Waals surface area (Å²) >= 11 is 3.56. The van der Waals surface area contributed by atoms with Crippen molar-refractivity contribution >= 4 is 21.6 Å². The number of hydrogen-bond acceptors (Lipinski definition) is 5. The van der Waals surface area contributed by atoms with E-state index >= 15 is 0 Å². The Kier molecular flexibility index (Phi) is 6.78. The molecule has 0 aliphatic heterocycles. The van der Waals surface area contributed by atoms with Crippen molar-refractivity contribution in [2.75, 3.05) is 7.11 Å². The first kappa shape index (κ1) is 19.2. The highest BCUT2D eigenvalue weighted by Crippen LogP contribution is 2.37. The molecule has 0 fully saturated rings. The molecule has 0 saturated heterocycles. The molecule has 134 valence electrons. The van der Waals surface area contributed by atoms with Crippen LogP contribution in [0.1, 0.15) is 25.0 Å². The molecule has 2 aromatic rings. The number of methoxy groups -OCH3 is 1. The summed E-state index contributed by atoms with van der Waals surface area (Å²) in [4.78, 5) is 10.3. The molecule has 0 heterocycles. The largest absolute Gasteiger partial charge is 0.493 e. The minimum absolute atomic E-state index is 0.0607. The molecule has 0 radical (unpaired) electrons. The summed E-state index contributed by atoms with van der Waals surface area (Å²) in [6.45, 7) is 5.07. The molecule has 6 nitrogen and oxygen atoms in total. The summed E-state index contributed by atoms with van der Waals surface area (Å²) in [5, 5.41) is 14.1. The third-order valence-electron chi connectivity index (χ3n) is 3.60. The minimum atomic E-state index is -0.419. The van der Waals surface area contributed by atoms with E-state index < -0.39 is 4.92 Å². The maximum absolute atomic E-state index is 10.7. The Balaban J connectivity index is 2.21. The van der Waals surface area contributed by atoms with Gasteiger partial charge in [-0.15, -0.1) is 0 Å². The van der Waals surface area contributed by atoms with Crippen molar-refractivity contribution in [1.29, 1.82) is 0 Å². The molecule has 0 unspecified atom stereocenters. The molecule has 2 rings (SSSR count). The monoisotopic (exact) mass is 408 g/mol. The molecule has 25 heavy (non-hydrogen) atoms. The van der Waals surface area contributed by atoms with Crippen LogP contribution in [0.2, 0.25) is 0 Å². The first-order valence-corrected chi connectivity index (χ1v) is 8.66. The van der Waals surface area contributed by atoms with Gasteiger partial charge in [0.1, 0.15) is 6.61 Å². The number of ether oxygens (including phenoxy) is 2. The summed E-state index contributed by atoms with van der Waals surface area (Å²) in [7, 11) is 1.60. The lowest BCUT2D eigenvalue weighted by Crippen LogP contribution is -2.22. The van der Waals surface area contributed by atoms with E-state index in [0.717, 1.165) is 15.6 Å². The molecule has 0 spiro atoms. The predicted octanol–water partition coefficient (Wildman–Crippen LogP) is 4.44. The number of nitrogens with zero attached hydrogens (tertiary/aromatic N) is 1. The zero-order valence-corrected chi connectivity index (χ0v) is 16.0. The van der Waals surface area contributed by atoms with Crippen LogP contribution in [0.3, 0.4) is 0 Å². The van der Waals surface area contributed by atoms with Crippen molar-refractivity contribution in [3.05, 3.63) is 62.1 Å². The Morgan fingerprint density at radius 1 is 1.20 bits per heavy atom. The van der Waals surface area contributed by atoms with Crippen molar-refractivity contribution in [2.24, 2.45) is 0 Å². The van der Waals surface area contributed by atoms with Gasteiger partial charge in [-0.25, -0.2) is 0 Å². The molecule has 0 atom stereocenters. The highest BCUT2D eigenvalue weighted by Gasteiger charge is 2.15. The van der Waals surface area contributed by atoms with Crippen LogP contribution >= 0.6 is 15.9 Å². The molecule has 0 bridgehead atoms. The first-order valence-electron chi connectivity index (χ1n) is 7.87. The number of halogens is 1. The lowest BCUT2D eigenvalue weighted by molar-refractivity contribution is -0.384. The molecule has 0 aliphatic rings. The second-order valence-corrected chi connectivity index (χ2v) is 6.66. The molecule has 0 saturated carbocycles. The van der Waals surface area contributed by atoms with E-state index in [1.807, 2.05) is 12.1 Å². The molecule has 7 heteroatoms. The van der Waals surface area contributed by atoms with Gasteiger partial charge in [0.25, 0.3) is 5.69 Å². The molecule has 0 amide bonds. The van der Waals surface area contributed by atoms with E-state index in [1.165, 1.54) is 12.1 Å². The third kappa shape index (κ3) is 5.17. The van der Waals surface area contributed by atoms with Gasteiger partial charge in [-0.3, -0.25) is 10.1 Å². The van der Waals surface area contributed by atoms with Gasteiger partial charge in [-0.05, 0) is 29.8 Å². The van der Waals surface area contributed by atoms with Crippen LogP contribution in [0.4, 0.5) is 5.69 Å². The summed E-state index contributed by atoms with van der Waals surface area (Å²) in [6, 6.07) is 10.4. The molecular formula is C18H21BrN2O4. The number of hydrogen-bond donors (Lipinski definition) is 1. The van der Waals surface area contributed by atoms with Gasteiger partial charge in [-0.2, -0.15) is 0 Å². The van der Waals surface area contributed by atoms with E-state index in [-0.39, 0.29) is 5.69 Å². The Bertz CT molecular complexity index is 733. The standard InChI is InChI=1S/C18H21BrN2O4/c1-12(2)20-10-15-16(19)8-9-17(24-3)18(15)25-11-13-4-6-14(7-5-13)21(22)23/h4-9,12,20H,10-11H2,1-3H3. The maximum Gasteiger partial charge on any atom is 0.269 e. The van der Waals surface area contributed by atoms with Crippen LogP contribution in [0.5, 0.6) is 11.5 Å². The van der Waals surface area contributed by atoms with Crippen LogP contribution in [-0.2, 0) is 13.2 Å². The second-order valence-electron chi connectivity index (χ2n) is 5.81. The van der Waals surface area contributed by atoms with Crippen molar-refractivity contribution in [2.45, 2.75) is 33.0 Å². The summed E-state index contributed by atoms with van der Waals surface area (Å²) in [5.74, 6) is 1.30. The predicted molar refractivity (Wildman–Crippen MR) is 100 cm³/mol. The van der Waals surface area contributed by atoms with Crippen LogP contribution in [0.25, 0.3) is 0 Å². The van der Waals surface area contributed by atoms with E-state index in [0.29, 0.717) is 30.7 Å². The molecule has 2 aromatic carbocycles. The smallest absolute Gasteiger partial charge is 0.269 e. The number of nitro benzene ring substituents is 1. The van der Waals surface area contributed by atoms with E-state index in [1.54, 1.807) is 19.2 Å². The van der Waals surface area contributed by atoms with Gasteiger partial charge in [0.2, 0.25) is 0 Å². The lowest BCUT2D eigenvalue weighted by atomic mass is 10.1. The zero-order chi connectivity index (χ0) is 18.4. The number of nitrogens with one attached hydrogen (secondary N) is 1. The average Bonchev–Trinajstić information content (AvgIpc) is 2.59. The van der Waals surface area contributed by atoms with Gasteiger partial charge in [0.05, 0.1) is 12.0 Å². The Hall–Kier alpha value is -2.12. The van der Waals surface area contributed by atoms with E-state index in [9.17, 15) is 10.1 Å². The van der Waals surface area contributed by atoms with Crippen LogP contribution in [-0.4, -0.2) is 18.1 Å². The summed E-state index contributed by atoms with van der Waals surface area (Å²) < 4.78 is 12.3. The fourth-order valence-electron chi connectivity index (χ4n) is 2.24. The quantitative estimate of drug-likeness (QED) is 0.515. The summed E-state index contributed by atoms with van der Waals surface area (Å²) in [6.07, 6.45) is 0. The highest BCUT2D eigenvalue weighted by atomic mass is 79.9.